The average molecular weight is 668 g/mol. The molecule has 2 fully saturated rings. The molecule has 1 amide bonds. The van der Waals surface area contributed by atoms with E-state index < -0.39 is 85.6 Å². The van der Waals surface area contributed by atoms with Gasteiger partial charge < -0.3 is 10.0 Å². The highest BCUT2D eigenvalue weighted by molar-refractivity contribution is 7.92. The smallest absolute Gasteiger partial charge is 0.435 e. The van der Waals surface area contributed by atoms with Gasteiger partial charge in [-0.1, -0.05) is 32.0 Å². The number of hydrogen-bond acceptors (Lipinski definition) is 4. The molecule has 2 aromatic rings. The number of nitrogens with zero attached hydrogens (tertiary/aromatic N) is 1. The first kappa shape index (κ1) is 33.1. The van der Waals surface area contributed by atoms with Crippen molar-refractivity contribution in [2.75, 3.05) is 13.1 Å². The molecule has 0 spiro atoms. The zero-order valence-electron chi connectivity index (χ0n) is 24.0. The summed E-state index contributed by atoms with van der Waals surface area (Å²) in [5.41, 5.74) is -9.43. The van der Waals surface area contributed by atoms with Crippen LogP contribution in [0.5, 0.6) is 0 Å². The molecule has 2 aromatic carbocycles. The number of carboxylic acids is 1. The van der Waals surface area contributed by atoms with E-state index >= 15 is 4.39 Å². The maximum Gasteiger partial charge on any atom is 0.435 e. The van der Waals surface area contributed by atoms with Crippen molar-refractivity contribution >= 4 is 21.7 Å². The lowest BCUT2D eigenvalue weighted by Gasteiger charge is -2.33. The minimum atomic E-state index is -6.39. The fourth-order valence-corrected chi connectivity index (χ4v) is 9.95. The lowest BCUT2D eigenvalue weighted by molar-refractivity contribution is -0.348. The summed E-state index contributed by atoms with van der Waals surface area (Å²) in [5.74, 6) is -4.58. The van der Waals surface area contributed by atoms with Crippen LogP contribution in [-0.2, 0) is 35.3 Å². The Balaban J connectivity index is 1.66. The number of fused-ring (bicyclic) bond motifs is 3. The summed E-state index contributed by atoms with van der Waals surface area (Å²) >= 11 is 0. The topological polar surface area (TPSA) is 91.8 Å². The molecule has 1 heterocycles. The number of benzene rings is 2. The molecule has 2 atom stereocenters. The molecule has 1 saturated carbocycles. The zero-order valence-corrected chi connectivity index (χ0v) is 24.8. The molecule has 246 valence electrons. The van der Waals surface area contributed by atoms with Crippen LogP contribution in [0.3, 0.4) is 0 Å². The van der Waals surface area contributed by atoms with E-state index in [4.69, 9.17) is 0 Å². The van der Waals surface area contributed by atoms with Crippen LogP contribution in [0.2, 0.25) is 0 Å². The molecule has 1 saturated heterocycles. The van der Waals surface area contributed by atoms with Gasteiger partial charge >= 0.3 is 24.0 Å². The van der Waals surface area contributed by atoms with Gasteiger partial charge in [0.1, 0.15) is 10.6 Å². The van der Waals surface area contributed by atoms with Crippen LogP contribution in [0.1, 0.15) is 56.2 Å². The normalized spacial score (nSPS) is 26.8. The summed E-state index contributed by atoms with van der Waals surface area (Å²) in [6, 6.07) is 5.16. The van der Waals surface area contributed by atoms with Crippen molar-refractivity contribution in [3.05, 3.63) is 65.0 Å². The van der Waals surface area contributed by atoms with Crippen molar-refractivity contribution in [1.82, 2.24) is 4.90 Å². The number of carbonyl (C=O) groups is 2. The lowest BCUT2D eigenvalue weighted by atomic mass is 9.76. The van der Waals surface area contributed by atoms with Gasteiger partial charge in [-0.2, -0.15) is 26.3 Å². The fraction of sp³-hybridized carbons (Fsp3) is 0.533. The summed E-state index contributed by atoms with van der Waals surface area (Å²) < 4.78 is 138. The first-order valence-corrected chi connectivity index (χ1v) is 15.6. The molecule has 5 rings (SSSR count). The molecule has 0 radical (unpaired) electrons. The predicted octanol–water partition coefficient (Wildman–Crippen LogP) is 6.42. The number of rotatable bonds is 5. The highest BCUT2D eigenvalue weighted by Gasteiger charge is 2.74. The maximum absolute atomic E-state index is 15.1. The van der Waals surface area contributed by atoms with Crippen molar-refractivity contribution in [1.29, 1.82) is 0 Å². The first-order chi connectivity index (χ1) is 20.6. The highest BCUT2D eigenvalue weighted by atomic mass is 32.2. The second kappa shape index (κ2) is 10.4. The number of carboxylic acid groups (broad SMARTS) is 1. The number of aliphatic carboxylic acids is 1. The first-order valence-electron chi connectivity index (χ1n) is 14.1. The van der Waals surface area contributed by atoms with E-state index in [1.54, 1.807) is 0 Å². The third kappa shape index (κ3) is 4.73. The van der Waals surface area contributed by atoms with Gasteiger partial charge in [-0.3, -0.25) is 9.59 Å². The number of likely N-dealkylation sites (tertiary alicyclic amines) is 1. The molecular formula is C30H29F8NO5S. The Morgan fingerprint density at radius 1 is 0.844 bits per heavy atom. The second-order valence-corrected chi connectivity index (χ2v) is 14.8. The van der Waals surface area contributed by atoms with E-state index in [0.717, 1.165) is 30.3 Å². The minimum Gasteiger partial charge on any atom is -0.481 e. The van der Waals surface area contributed by atoms with E-state index in [-0.39, 0.29) is 54.3 Å². The van der Waals surface area contributed by atoms with Crippen molar-refractivity contribution in [3.8, 4) is 0 Å². The van der Waals surface area contributed by atoms with E-state index in [2.05, 4.69) is 0 Å². The van der Waals surface area contributed by atoms with Crippen molar-refractivity contribution in [3.63, 3.8) is 0 Å². The molecule has 45 heavy (non-hydrogen) atoms. The van der Waals surface area contributed by atoms with Crippen LogP contribution in [0.4, 0.5) is 35.1 Å². The van der Waals surface area contributed by atoms with E-state index in [1.165, 1.54) is 18.7 Å². The van der Waals surface area contributed by atoms with Gasteiger partial charge in [-0.05, 0) is 66.5 Å². The number of amides is 1. The fourth-order valence-electron chi connectivity index (χ4n) is 7.50. The van der Waals surface area contributed by atoms with Gasteiger partial charge in [0, 0.05) is 30.5 Å². The number of halogens is 8. The van der Waals surface area contributed by atoms with Crippen LogP contribution in [-0.4, -0.2) is 55.7 Å². The minimum absolute atomic E-state index is 0.179. The van der Waals surface area contributed by atoms with Gasteiger partial charge in [0.15, 0.2) is 9.84 Å². The van der Waals surface area contributed by atoms with Gasteiger partial charge in [-0.15, -0.1) is 0 Å². The third-order valence-electron chi connectivity index (χ3n) is 9.95. The number of sulfone groups is 1. The Kier molecular flexibility index (Phi) is 7.65. The Labute approximate surface area is 253 Å². The molecule has 6 nitrogen and oxygen atoms in total. The molecule has 2 aliphatic carbocycles. The largest absolute Gasteiger partial charge is 0.481 e. The summed E-state index contributed by atoms with van der Waals surface area (Å²) in [6.07, 6.45) is -11.9. The van der Waals surface area contributed by atoms with E-state index in [1.807, 2.05) is 0 Å². The van der Waals surface area contributed by atoms with Gasteiger partial charge in [0.2, 0.25) is 5.91 Å². The summed E-state index contributed by atoms with van der Waals surface area (Å²) in [5, 5.41) is 9.31. The highest BCUT2D eigenvalue weighted by Crippen LogP contribution is 2.63. The molecule has 1 aliphatic heterocycles. The Morgan fingerprint density at radius 2 is 1.38 bits per heavy atom. The maximum atomic E-state index is 15.1. The monoisotopic (exact) mass is 667 g/mol. The second-order valence-electron chi connectivity index (χ2n) is 12.6. The van der Waals surface area contributed by atoms with Crippen LogP contribution >= 0.6 is 0 Å². The van der Waals surface area contributed by atoms with Crippen LogP contribution < -0.4 is 0 Å². The van der Waals surface area contributed by atoms with E-state index in [9.17, 15) is 53.8 Å². The van der Waals surface area contributed by atoms with E-state index in [0.29, 0.717) is 6.07 Å². The van der Waals surface area contributed by atoms with Crippen LogP contribution in [0.25, 0.3) is 0 Å². The van der Waals surface area contributed by atoms with Gasteiger partial charge in [-0.25, -0.2) is 17.2 Å². The number of hydrogen-bond donors (Lipinski definition) is 1. The molecule has 2 unspecified atom stereocenters. The summed E-state index contributed by atoms with van der Waals surface area (Å²) in [4.78, 5) is 26.0. The van der Waals surface area contributed by atoms with Crippen LogP contribution in [0.15, 0.2) is 47.4 Å². The summed E-state index contributed by atoms with van der Waals surface area (Å²) in [6.45, 7) is 2.04. The Hall–Kier alpha value is -3.23. The molecular weight excluding hydrogens is 638 g/mol. The molecule has 15 heteroatoms. The molecule has 1 N–H and O–H groups in total. The Morgan fingerprint density at radius 3 is 1.89 bits per heavy atom. The zero-order chi connectivity index (χ0) is 33.5. The standard InChI is InChI=1S/C30H29F8NO5S/c1-26(2)22-13-18(28(32,29(33,34)35)30(36,37)38)7-12-21(22)27(45(43,44)20-10-8-19(31)9-11-20)15-39(14-23(26)27)24(40)16-3-5-17(6-4-16)25(41)42/h7-13,16-17,23H,3-6,14-15H2,1-2H3,(H,41,42)/t16-,17-,23?,27?. The average Bonchev–Trinajstić information content (AvgIpc) is 3.45. The quantitative estimate of drug-likeness (QED) is 0.294. The van der Waals surface area contributed by atoms with Crippen molar-refractivity contribution in [2.45, 2.75) is 72.6 Å². The predicted molar refractivity (Wildman–Crippen MR) is 143 cm³/mol. The summed E-state index contributed by atoms with van der Waals surface area (Å²) in [7, 11) is -4.64. The number of carbonyl (C=O) groups excluding carboxylic acids is 1. The third-order valence-corrected chi connectivity index (χ3v) is 12.4. The SMILES string of the molecule is CC1(C)c2cc(C(F)(C(F)(F)F)C(F)(F)F)ccc2C2(S(=O)(=O)c3ccc(F)cc3)CN(C(=O)[C@H]3CC[C@H](C(=O)O)CC3)CC12. The molecule has 0 bridgehead atoms. The molecule has 3 aliphatic rings. The van der Waals surface area contributed by atoms with Gasteiger partial charge in [0.05, 0.1) is 10.8 Å². The Bertz CT molecular complexity index is 1610. The lowest BCUT2D eigenvalue weighted by Crippen LogP contribution is -2.50. The number of alkyl halides is 7. The molecule has 0 aromatic heterocycles. The van der Waals surface area contributed by atoms with Gasteiger partial charge in [0.25, 0.3) is 0 Å². The van der Waals surface area contributed by atoms with Crippen molar-refractivity contribution in [2.24, 2.45) is 17.8 Å². The van der Waals surface area contributed by atoms with Crippen molar-refractivity contribution < 1.29 is 58.2 Å². The van der Waals surface area contributed by atoms with Crippen LogP contribution in [0, 0.1) is 23.6 Å².